The number of phenolic OH excluding ortho intramolecular Hbond substituents is 1. The van der Waals surface area contributed by atoms with Gasteiger partial charge in [0.2, 0.25) is 0 Å². The van der Waals surface area contributed by atoms with Crippen molar-refractivity contribution >= 4 is 0 Å². The van der Waals surface area contributed by atoms with Crippen LogP contribution in [0.1, 0.15) is 50.8 Å². The zero-order valence-corrected chi connectivity index (χ0v) is 20.1. The van der Waals surface area contributed by atoms with E-state index >= 15 is 0 Å². The molecule has 4 nitrogen and oxygen atoms in total. The Bertz CT molecular complexity index is 897. The number of likely N-dealkylation sites (tertiary alicyclic amines) is 1. The minimum atomic E-state index is 0.328. The third kappa shape index (κ3) is 6.14. The number of rotatable bonds is 10. The van der Waals surface area contributed by atoms with Gasteiger partial charge in [0, 0.05) is 42.8 Å². The van der Waals surface area contributed by atoms with Gasteiger partial charge in [-0.3, -0.25) is 5.01 Å². The van der Waals surface area contributed by atoms with Crippen LogP contribution < -0.4 is 5.43 Å². The van der Waals surface area contributed by atoms with Gasteiger partial charge in [-0.15, -0.1) is 0 Å². The molecule has 1 aromatic rings. The SMILES string of the molecule is C=C/C=C\C(=C/N(NCc1c(C)ccc(O)c1C)C(C)=C(C)C)C(=C)N1CC(CC)C1. The Kier molecular flexibility index (Phi) is 8.76. The van der Waals surface area contributed by atoms with Gasteiger partial charge in [-0.05, 0) is 69.7 Å². The van der Waals surface area contributed by atoms with Crippen molar-refractivity contribution in [1.29, 1.82) is 0 Å². The zero-order valence-electron chi connectivity index (χ0n) is 20.1. The first-order chi connectivity index (χ1) is 14.7. The summed E-state index contributed by atoms with van der Waals surface area (Å²) in [6, 6.07) is 3.72. The molecule has 1 aliphatic heterocycles. The number of hydrazine groups is 1. The van der Waals surface area contributed by atoms with Gasteiger partial charge in [0.25, 0.3) is 0 Å². The fourth-order valence-electron chi connectivity index (χ4n) is 3.57. The van der Waals surface area contributed by atoms with Crippen LogP contribution in [0.15, 0.2) is 72.3 Å². The molecular formula is C27H39N3O. The summed E-state index contributed by atoms with van der Waals surface area (Å²) in [7, 11) is 0. The molecule has 0 spiro atoms. The number of aromatic hydroxyl groups is 1. The van der Waals surface area contributed by atoms with Gasteiger partial charge >= 0.3 is 0 Å². The molecule has 0 aliphatic carbocycles. The molecule has 168 valence electrons. The lowest BCUT2D eigenvalue weighted by Gasteiger charge is -2.42. The summed E-state index contributed by atoms with van der Waals surface area (Å²) in [5.74, 6) is 1.08. The van der Waals surface area contributed by atoms with Crippen LogP contribution in [0.5, 0.6) is 5.75 Å². The second-order valence-electron chi connectivity index (χ2n) is 8.60. The lowest BCUT2D eigenvalue weighted by molar-refractivity contribution is 0.143. The highest BCUT2D eigenvalue weighted by Gasteiger charge is 2.27. The van der Waals surface area contributed by atoms with Crippen LogP contribution >= 0.6 is 0 Å². The van der Waals surface area contributed by atoms with Crippen LogP contribution in [0.25, 0.3) is 0 Å². The highest BCUT2D eigenvalue weighted by molar-refractivity contribution is 5.43. The average molecular weight is 422 g/mol. The number of hydrogen-bond donors (Lipinski definition) is 2. The summed E-state index contributed by atoms with van der Waals surface area (Å²) in [5.41, 5.74) is 11.2. The van der Waals surface area contributed by atoms with Crippen molar-refractivity contribution in [3.8, 4) is 5.75 Å². The van der Waals surface area contributed by atoms with Crippen molar-refractivity contribution < 1.29 is 5.11 Å². The third-order valence-electron chi connectivity index (χ3n) is 6.24. The van der Waals surface area contributed by atoms with Crippen molar-refractivity contribution in [3.05, 3.63) is 88.9 Å². The summed E-state index contributed by atoms with van der Waals surface area (Å²) in [6.07, 6.45) is 9.12. The molecule has 0 saturated carbocycles. The molecule has 1 saturated heterocycles. The van der Waals surface area contributed by atoms with E-state index < -0.39 is 0 Å². The number of phenols is 1. The molecule has 2 N–H and O–H groups in total. The summed E-state index contributed by atoms with van der Waals surface area (Å²) in [6.45, 7) is 23.5. The van der Waals surface area contributed by atoms with Gasteiger partial charge in [-0.25, -0.2) is 5.43 Å². The van der Waals surface area contributed by atoms with Gasteiger partial charge < -0.3 is 10.0 Å². The monoisotopic (exact) mass is 421 g/mol. The normalized spacial score (nSPS) is 14.5. The Morgan fingerprint density at radius 1 is 1.26 bits per heavy atom. The second kappa shape index (κ2) is 11.1. The van der Waals surface area contributed by atoms with Gasteiger partial charge in [0.15, 0.2) is 0 Å². The van der Waals surface area contributed by atoms with Gasteiger partial charge in [0.05, 0.1) is 0 Å². The van der Waals surface area contributed by atoms with E-state index in [4.69, 9.17) is 0 Å². The Hall–Kier alpha value is -2.72. The van der Waals surface area contributed by atoms with E-state index in [1.54, 1.807) is 12.1 Å². The number of benzene rings is 1. The number of allylic oxidation sites excluding steroid dienone is 5. The first kappa shape index (κ1) is 24.5. The predicted molar refractivity (Wildman–Crippen MR) is 132 cm³/mol. The maximum Gasteiger partial charge on any atom is 0.118 e. The van der Waals surface area contributed by atoms with E-state index in [0.717, 1.165) is 52.7 Å². The lowest BCUT2D eigenvalue weighted by atomic mass is 9.95. The molecular weight excluding hydrogens is 382 g/mol. The van der Waals surface area contributed by atoms with E-state index in [9.17, 15) is 5.11 Å². The smallest absolute Gasteiger partial charge is 0.118 e. The van der Waals surface area contributed by atoms with E-state index in [1.165, 1.54) is 12.0 Å². The molecule has 2 rings (SSSR count). The molecule has 0 atom stereocenters. The molecule has 1 aromatic carbocycles. The van der Waals surface area contributed by atoms with Gasteiger partial charge in [0.1, 0.15) is 5.75 Å². The summed E-state index contributed by atoms with van der Waals surface area (Å²) in [5, 5.41) is 12.2. The predicted octanol–water partition coefficient (Wildman–Crippen LogP) is 6.11. The Morgan fingerprint density at radius 3 is 2.52 bits per heavy atom. The van der Waals surface area contributed by atoms with Crippen molar-refractivity contribution in [2.75, 3.05) is 13.1 Å². The second-order valence-corrected chi connectivity index (χ2v) is 8.60. The molecule has 1 aliphatic rings. The van der Waals surface area contributed by atoms with Crippen molar-refractivity contribution in [2.24, 2.45) is 5.92 Å². The number of nitrogens with one attached hydrogen (secondary N) is 1. The van der Waals surface area contributed by atoms with E-state index in [0.29, 0.717) is 12.3 Å². The fourth-order valence-corrected chi connectivity index (χ4v) is 3.57. The third-order valence-corrected chi connectivity index (χ3v) is 6.24. The molecule has 1 fully saturated rings. The van der Waals surface area contributed by atoms with Crippen LogP contribution in [0, 0.1) is 19.8 Å². The van der Waals surface area contributed by atoms with E-state index in [2.05, 4.69) is 75.4 Å². The Balaban J connectivity index is 2.34. The Morgan fingerprint density at radius 2 is 1.94 bits per heavy atom. The Labute approximate surface area is 188 Å². The molecule has 1 heterocycles. The van der Waals surface area contributed by atoms with Crippen LogP contribution in [0.3, 0.4) is 0 Å². The summed E-state index contributed by atoms with van der Waals surface area (Å²) < 4.78 is 0. The van der Waals surface area contributed by atoms with Crippen LogP contribution in [0.4, 0.5) is 0 Å². The maximum absolute atomic E-state index is 10.1. The molecule has 4 heteroatoms. The van der Waals surface area contributed by atoms with Crippen LogP contribution in [-0.2, 0) is 6.54 Å². The lowest BCUT2D eigenvalue weighted by Crippen LogP contribution is -2.45. The van der Waals surface area contributed by atoms with Crippen LogP contribution in [-0.4, -0.2) is 28.1 Å². The average Bonchev–Trinajstić information content (AvgIpc) is 2.70. The van der Waals surface area contributed by atoms with Crippen molar-refractivity contribution in [1.82, 2.24) is 15.3 Å². The van der Waals surface area contributed by atoms with Gasteiger partial charge in [-0.1, -0.05) is 49.9 Å². The standard InChI is InChI=1S/C27H39N3O/c1-9-11-12-25(23(8)29-16-24(10-2)17-29)18-30(22(7)19(3)4)28-15-26-20(5)13-14-27(31)21(26)6/h9,11-14,18,24,28,31H,1,8,10,15-17H2,2-7H3/b12-11-,25-18+. The number of nitrogens with zero attached hydrogens (tertiary/aromatic N) is 2. The first-order valence-corrected chi connectivity index (χ1v) is 11.1. The number of aryl methyl sites for hydroxylation is 1. The van der Waals surface area contributed by atoms with Crippen molar-refractivity contribution in [2.45, 2.75) is 54.5 Å². The summed E-state index contributed by atoms with van der Waals surface area (Å²) in [4.78, 5) is 2.34. The molecule has 0 radical (unpaired) electrons. The van der Waals surface area contributed by atoms with Crippen molar-refractivity contribution in [3.63, 3.8) is 0 Å². The molecule has 0 bridgehead atoms. The highest BCUT2D eigenvalue weighted by atomic mass is 16.3. The van der Waals surface area contributed by atoms with E-state index in [1.807, 2.05) is 19.1 Å². The molecule has 31 heavy (non-hydrogen) atoms. The minimum Gasteiger partial charge on any atom is -0.508 e. The minimum absolute atomic E-state index is 0.328. The molecule has 0 aromatic heterocycles. The largest absolute Gasteiger partial charge is 0.508 e. The highest BCUT2D eigenvalue weighted by Crippen LogP contribution is 2.28. The number of hydrogen-bond acceptors (Lipinski definition) is 4. The van der Waals surface area contributed by atoms with E-state index in [-0.39, 0.29) is 0 Å². The van der Waals surface area contributed by atoms with Crippen LogP contribution in [0.2, 0.25) is 0 Å². The van der Waals surface area contributed by atoms with Gasteiger partial charge in [-0.2, -0.15) is 0 Å². The summed E-state index contributed by atoms with van der Waals surface area (Å²) >= 11 is 0. The zero-order chi connectivity index (χ0) is 23.1. The maximum atomic E-state index is 10.1. The quantitative estimate of drug-likeness (QED) is 0.353. The molecule has 0 unspecified atom stereocenters. The fraction of sp³-hybridized carbons (Fsp3) is 0.407. The topological polar surface area (TPSA) is 38.7 Å². The first-order valence-electron chi connectivity index (χ1n) is 11.1. The molecule has 0 amide bonds.